The van der Waals surface area contributed by atoms with Gasteiger partial charge in [0.2, 0.25) is 0 Å². The van der Waals surface area contributed by atoms with E-state index in [-0.39, 0.29) is 11.5 Å². The van der Waals surface area contributed by atoms with Gasteiger partial charge >= 0.3 is 0 Å². The van der Waals surface area contributed by atoms with Crippen LogP contribution in [0.4, 0.5) is 5.69 Å². The first-order chi connectivity index (χ1) is 8.92. The van der Waals surface area contributed by atoms with E-state index in [9.17, 15) is 8.42 Å². The van der Waals surface area contributed by atoms with Crippen molar-refractivity contribution in [3.05, 3.63) is 29.8 Å². The van der Waals surface area contributed by atoms with Crippen LogP contribution < -0.4 is 10.6 Å². The summed E-state index contributed by atoms with van der Waals surface area (Å²) in [6, 6.07) is 8.18. The molecule has 0 aliphatic carbocycles. The van der Waals surface area contributed by atoms with E-state index in [0.29, 0.717) is 13.0 Å². The van der Waals surface area contributed by atoms with Gasteiger partial charge in [-0.1, -0.05) is 17.7 Å². The van der Waals surface area contributed by atoms with Crippen molar-refractivity contribution < 1.29 is 8.42 Å². The maximum Gasteiger partial charge on any atom is 0.152 e. The lowest BCUT2D eigenvalue weighted by Crippen LogP contribution is -2.55. The normalized spacial score (nSPS) is 25.4. The molecule has 1 aromatic rings. The molecule has 5 heteroatoms. The Morgan fingerprint density at radius 1 is 1.32 bits per heavy atom. The second kappa shape index (κ2) is 5.13. The molecule has 0 bridgehead atoms. The van der Waals surface area contributed by atoms with E-state index in [1.807, 2.05) is 38.1 Å². The van der Waals surface area contributed by atoms with E-state index >= 15 is 0 Å². The first-order valence-electron chi connectivity index (χ1n) is 6.67. The van der Waals surface area contributed by atoms with Crippen molar-refractivity contribution >= 4 is 15.5 Å². The molecule has 1 aromatic carbocycles. The van der Waals surface area contributed by atoms with Crippen LogP contribution in [0, 0.1) is 6.92 Å². The Morgan fingerprint density at radius 3 is 2.37 bits per heavy atom. The van der Waals surface area contributed by atoms with E-state index in [2.05, 4.69) is 4.90 Å². The van der Waals surface area contributed by atoms with E-state index in [0.717, 1.165) is 12.2 Å². The number of nitrogens with two attached hydrogens (primary N) is 1. The van der Waals surface area contributed by atoms with Gasteiger partial charge < -0.3 is 10.6 Å². The van der Waals surface area contributed by atoms with E-state index in [1.165, 1.54) is 5.56 Å². The summed E-state index contributed by atoms with van der Waals surface area (Å²) in [4.78, 5) is 2.15. The summed E-state index contributed by atoms with van der Waals surface area (Å²) in [6.45, 7) is 5.21. The van der Waals surface area contributed by atoms with Gasteiger partial charge in [0.25, 0.3) is 0 Å². The zero-order valence-electron chi connectivity index (χ0n) is 11.6. The summed E-state index contributed by atoms with van der Waals surface area (Å²) in [5.74, 6) is 0.408. The van der Waals surface area contributed by atoms with Crippen LogP contribution in [0.2, 0.25) is 0 Å². The summed E-state index contributed by atoms with van der Waals surface area (Å²) < 4.78 is 23.7. The minimum Gasteiger partial charge on any atom is -0.364 e. The molecule has 19 heavy (non-hydrogen) atoms. The van der Waals surface area contributed by atoms with E-state index in [4.69, 9.17) is 5.73 Å². The topological polar surface area (TPSA) is 63.4 Å². The predicted octanol–water partition coefficient (Wildman–Crippen LogP) is 1.34. The molecule has 1 saturated heterocycles. The fourth-order valence-corrected chi connectivity index (χ4v) is 4.97. The number of hydrogen-bond acceptors (Lipinski definition) is 4. The van der Waals surface area contributed by atoms with Crippen LogP contribution in [0.5, 0.6) is 0 Å². The molecule has 0 saturated carbocycles. The number of sulfone groups is 1. The van der Waals surface area contributed by atoms with Crippen molar-refractivity contribution in [3.63, 3.8) is 0 Å². The maximum atomic E-state index is 11.8. The molecule has 106 valence electrons. The highest BCUT2D eigenvalue weighted by atomic mass is 32.2. The molecule has 1 aliphatic heterocycles. The molecule has 0 radical (unpaired) electrons. The first-order valence-corrected chi connectivity index (χ1v) is 8.49. The van der Waals surface area contributed by atoms with Crippen molar-refractivity contribution in [2.45, 2.75) is 25.8 Å². The van der Waals surface area contributed by atoms with Crippen LogP contribution >= 0.6 is 0 Å². The van der Waals surface area contributed by atoms with Crippen molar-refractivity contribution in [1.82, 2.24) is 0 Å². The Kier molecular flexibility index (Phi) is 3.87. The summed E-state index contributed by atoms with van der Waals surface area (Å²) in [5, 5.41) is 0. The molecule has 1 unspecified atom stereocenters. The monoisotopic (exact) mass is 282 g/mol. The third kappa shape index (κ3) is 2.77. The third-order valence-corrected chi connectivity index (χ3v) is 5.78. The quantitative estimate of drug-likeness (QED) is 0.905. The zero-order valence-corrected chi connectivity index (χ0v) is 12.4. The number of rotatable bonds is 4. The number of aryl methyl sites for hydroxylation is 1. The molecule has 1 aliphatic rings. The predicted molar refractivity (Wildman–Crippen MR) is 79.3 cm³/mol. The third-order valence-electron chi connectivity index (χ3n) is 3.98. The molecule has 1 atom stereocenters. The number of benzene rings is 1. The number of likely N-dealkylation sites (N-methyl/N-ethyl adjacent to an activating group) is 1. The van der Waals surface area contributed by atoms with Gasteiger partial charge in [0, 0.05) is 18.8 Å². The Bertz CT molecular complexity index is 539. The molecule has 0 aromatic heterocycles. The highest BCUT2D eigenvalue weighted by Crippen LogP contribution is 2.33. The lowest BCUT2D eigenvalue weighted by Gasteiger charge is -2.41. The number of nitrogens with zero attached hydrogens (tertiary/aromatic N) is 1. The minimum absolute atomic E-state index is 0.165. The van der Waals surface area contributed by atoms with Gasteiger partial charge in [0.05, 0.1) is 17.0 Å². The van der Waals surface area contributed by atoms with Crippen LogP contribution in [0.15, 0.2) is 24.3 Å². The largest absolute Gasteiger partial charge is 0.364 e. The number of anilines is 1. The Balaban J connectivity index is 2.37. The molecular formula is C14H22N2O2S. The lowest BCUT2D eigenvalue weighted by atomic mass is 9.95. The van der Waals surface area contributed by atoms with Crippen LogP contribution in [0.1, 0.15) is 18.9 Å². The zero-order chi connectivity index (χ0) is 14.1. The molecule has 1 fully saturated rings. The van der Waals surface area contributed by atoms with Gasteiger partial charge in [-0.3, -0.25) is 0 Å². The van der Waals surface area contributed by atoms with E-state index in [1.54, 1.807) is 0 Å². The molecule has 1 heterocycles. The molecular weight excluding hydrogens is 260 g/mol. The van der Waals surface area contributed by atoms with Gasteiger partial charge in [-0.15, -0.1) is 0 Å². The fraction of sp³-hybridized carbons (Fsp3) is 0.571. The first kappa shape index (κ1) is 14.3. The molecule has 2 rings (SSSR count). The van der Waals surface area contributed by atoms with Gasteiger partial charge in [-0.25, -0.2) is 8.42 Å². The summed E-state index contributed by atoms with van der Waals surface area (Å²) in [7, 11) is -2.96. The minimum atomic E-state index is -2.96. The Hall–Kier alpha value is -1.07. The molecule has 4 nitrogen and oxygen atoms in total. The SMILES string of the molecule is CCN(c1ccc(C)cc1)C1(CN)CCS(=O)(=O)C1. The lowest BCUT2D eigenvalue weighted by molar-refractivity contribution is 0.444. The van der Waals surface area contributed by atoms with Gasteiger partial charge in [-0.05, 0) is 32.4 Å². The Labute approximate surface area is 115 Å². The van der Waals surface area contributed by atoms with Crippen LogP contribution in [-0.2, 0) is 9.84 Å². The van der Waals surface area contributed by atoms with Gasteiger partial charge in [0.1, 0.15) is 0 Å². The van der Waals surface area contributed by atoms with Crippen LogP contribution in [0.3, 0.4) is 0 Å². The fourth-order valence-electron chi connectivity index (χ4n) is 2.90. The second-order valence-electron chi connectivity index (χ2n) is 5.35. The maximum absolute atomic E-state index is 11.8. The standard InChI is InChI=1S/C14H22N2O2S/c1-3-16(13-6-4-12(2)5-7-13)14(10-15)8-9-19(17,18)11-14/h4-7H,3,8-11,15H2,1-2H3. The van der Waals surface area contributed by atoms with Gasteiger partial charge in [0.15, 0.2) is 9.84 Å². The average molecular weight is 282 g/mol. The molecule has 0 spiro atoms. The average Bonchev–Trinajstić information content (AvgIpc) is 2.70. The Morgan fingerprint density at radius 2 is 1.95 bits per heavy atom. The van der Waals surface area contributed by atoms with Crippen molar-refractivity contribution in [1.29, 1.82) is 0 Å². The highest BCUT2D eigenvalue weighted by molar-refractivity contribution is 7.91. The van der Waals surface area contributed by atoms with Crippen LogP contribution in [-0.4, -0.2) is 38.6 Å². The molecule has 0 amide bonds. The highest BCUT2D eigenvalue weighted by Gasteiger charge is 2.45. The van der Waals surface area contributed by atoms with Crippen molar-refractivity contribution in [3.8, 4) is 0 Å². The van der Waals surface area contributed by atoms with E-state index < -0.39 is 15.4 Å². The van der Waals surface area contributed by atoms with Crippen molar-refractivity contribution in [2.24, 2.45) is 5.73 Å². The summed E-state index contributed by atoms with van der Waals surface area (Å²) >= 11 is 0. The van der Waals surface area contributed by atoms with Crippen LogP contribution in [0.25, 0.3) is 0 Å². The van der Waals surface area contributed by atoms with Crippen molar-refractivity contribution in [2.75, 3.05) is 29.5 Å². The smallest absolute Gasteiger partial charge is 0.152 e. The molecule has 2 N–H and O–H groups in total. The second-order valence-corrected chi connectivity index (χ2v) is 7.53. The van der Waals surface area contributed by atoms with Gasteiger partial charge in [-0.2, -0.15) is 0 Å². The summed E-state index contributed by atoms with van der Waals surface area (Å²) in [5.41, 5.74) is 7.73. The summed E-state index contributed by atoms with van der Waals surface area (Å²) in [6.07, 6.45) is 0.619. The number of hydrogen-bond donors (Lipinski definition) is 1.